The molecule has 0 bridgehead atoms. The Hall–Kier alpha value is -1.31. The van der Waals surface area contributed by atoms with Crippen LogP contribution in [0.15, 0.2) is 48.5 Å². The molecule has 0 aliphatic heterocycles. The third-order valence-corrected chi connectivity index (χ3v) is 4.62. The normalized spacial score (nSPS) is 13.7. The van der Waals surface area contributed by atoms with Crippen molar-refractivity contribution in [2.45, 2.75) is 38.5 Å². The van der Waals surface area contributed by atoms with E-state index in [0.29, 0.717) is 5.92 Å². The maximum absolute atomic E-state index is 3.45. The topological polar surface area (TPSA) is 12.0 Å². The van der Waals surface area contributed by atoms with Gasteiger partial charge in [-0.2, -0.15) is 0 Å². The van der Waals surface area contributed by atoms with Crippen LogP contribution in [-0.2, 0) is 12.8 Å². The van der Waals surface area contributed by atoms with E-state index >= 15 is 0 Å². The third kappa shape index (κ3) is 3.71. The van der Waals surface area contributed by atoms with Gasteiger partial charge in [-0.05, 0) is 61.0 Å². The molecular weight excluding hydrogens is 290 g/mol. The van der Waals surface area contributed by atoms with Crippen molar-refractivity contribution in [1.29, 1.82) is 0 Å². The Bertz CT molecular complexity index is 546. The summed E-state index contributed by atoms with van der Waals surface area (Å²) >= 11 is 0. The van der Waals surface area contributed by atoms with Crippen LogP contribution < -0.4 is 5.32 Å². The predicted molar refractivity (Wildman–Crippen MR) is 97.2 cm³/mol. The van der Waals surface area contributed by atoms with Gasteiger partial charge < -0.3 is 5.32 Å². The standard InChI is InChI=1S/C20H25N.ClH/c1-2-21-15-7-12-20-18-10-5-3-8-16(18)13-14-17-9-4-6-11-19(17)20;/h3-6,8-11,20-21H,2,7,12-15H2,1H3;1H. The minimum absolute atomic E-state index is 0. The van der Waals surface area contributed by atoms with Crippen LogP contribution in [0, 0.1) is 0 Å². The van der Waals surface area contributed by atoms with Crippen LogP contribution in [0.2, 0.25) is 0 Å². The number of hydrogen-bond donors (Lipinski definition) is 1. The molecule has 0 amide bonds. The van der Waals surface area contributed by atoms with Crippen LogP contribution in [0.1, 0.15) is 47.9 Å². The van der Waals surface area contributed by atoms with Crippen molar-refractivity contribution in [3.8, 4) is 0 Å². The van der Waals surface area contributed by atoms with E-state index in [1.54, 1.807) is 22.3 Å². The largest absolute Gasteiger partial charge is 0.317 e. The molecule has 2 aromatic rings. The fourth-order valence-corrected chi connectivity index (χ4v) is 3.56. The number of fused-ring (bicyclic) bond motifs is 2. The first-order valence-corrected chi connectivity index (χ1v) is 8.26. The zero-order valence-corrected chi connectivity index (χ0v) is 14.2. The van der Waals surface area contributed by atoms with Crippen molar-refractivity contribution in [3.63, 3.8) is 0 Å². The Morgan fingerprint density at radius 3 is 2.00 bits per heavy atom. The van der Waals surface area contributed by atoms with Gasteiger partial charge in [-0.25, -0.2) is 0 Å². The molecule has 0 spiro atoms. The molecule has 1 aliphatic carbocycles. The SMILES string of the molecule is CCNCCCC1c2ccccc2CCc2ccccc21.Cl. The van der Waals surface area contributed by atoms with Crippen LogP contribution in [-0.4, -0.2) is 13.1 Å². The lowest BCUT2D eigenvalue weighted by Crippen LogP contribution is -2.15. The summed E-state index contributed by atoms with van der Waals surface area (Å²) in [6.07, 6.45) is 4.83. The second kappa shape index (κ2) is 8.36. The van der Waals surface area contributed by atoms with E-state index in [0.717, 1.165) is 13.1 Å². The molecule has 0 unspecified atom stereocenters. The molecule has 0 heterocycles. The van der Waals surface area contributed by atoms with Crippen molar-refractivity contribution in [2.75, 3.05) is 13.1 Å². The van der Waals surface area contributed by atoms with Gasteiger partial charge in [-0.3, -0.25) is 0 Å². The van der Waals surface area contributed by atoms with E-state index < -0.39 is 0 Å². The van der Waals surface area contributed by atoms with Crippen LogP contribution in [0.25, 0.3) is 0 Å². The van der Waals surface area contributed by atoms with Crippen LogP contribution >= 0.6 is 12.4 Å². The van der Waals surface area contributed by atoms with E-state index in [2.05, 4.69) is 60.8 Å². The monoisotopic (exact) mass is 315 g/mol. The first-order valence-electron chi connectivity index (χ1n) is 8.26. The summed E-state index contributed by atoms with van der Waals surface area (Å²) in [4.78, 5) is 0. The molecule has 0 radical (unpaired) electrons. The predicted octanol–water partition coefficient (Wildman–Crippen LogP) is 4.73. The van der Waals surface area contributed by atoms with Gasteiger partial charge in [0.1, 0.15) is 0 Å². The molecule has 0 saturated heterocycles. The maximum Gasteiger partial charge on any atom is 0.00952 e. The molecule has 2 heteroatoms. The second-order valence-corrected chi connectivity index (χ2v) is 5.95. The zero-order valence-electron chi connectivity index (χ0n) is 13.3. The number of nitrogens with one attached hydrogen (secondary N) is 1. The Kier molecular flexibility index (Phi) is 6.48. The fourth-order valence-electron chi connectivity index (χ4n) is 3.56. The van der Waals surface area contributed by atoms with Gasteiger partial charge in [0.15, 0.2) is 0 Å². The Morgan fingerprint density at radius 1 is 0.909 bits per heavy atom. The molecule has 0 saturated carbocycles. The number of halogens is 1. The smallest absolute Gasteiger partial charge is 0.00952 e. The van der Waals surface area contributed by atoms with E-state index in [1.807, 2.05) is 0 Å². The summed E-state index contributed by atoms with van der Waals surface area (Å²) in [5.41, 5.74) is 6.20. The Balaban J connectivity index is 0.00000176. The van der Waals surface area contributed by atoms with Gasteiger partial charge in [0, 0.05) is 5.92 Å². The molecule has 2 aromatic carbocycles. The molecule has 0 atom stereocenters. The highest BCUT2D eigenvalue weighted by atomic mass is 35.5. The third-order valence-electron chi connectivity index (χ3n) is 4.62. The molecule has 118 valence electrons. The van der Waals surface area contributed by atoms with Crippen LogP contribution in [0.5, 0.6) is 0 Å². The molecular formula is C20H26ClN. The highest BCUT2D eigenvalue weighted by Crippen LogP contribution is 2.36. The lowest BCUT2D eigenvalue weighted by atomic mass is 9.85. The van der Waals surface area contributed by atoms with Gasteiger partial charge in [-0.1, -0.05) is 55.5 Å². The molecule has 3 rings (SSSR count). The minimum Gasteiger partial charge on any atom is -0.317 e. The first-order chi connectivity index (χ1) is 10.4. The average Bonchev–Trinajstić information content (AvgIpc) is 2.69. The highest BCUT2D eigenvalue weighted by Gasteiger charge is 2.22. The van der Waals surface area contributed by atoms with E-state index in [9.17, 15) is 0 Å². The molecule has 0 aromatic heterocycles. The van der Waals surface area contributed by atoms with Crippen molar-refractivity contribution in [3.05, 3.63) is 70.8 Å². The van der Waals surface area contributed by atoms with Crippen LogP contribution in [0.3, 0.4) is 0 Å². The quantitative estimate of drug-likeness (QED) is 0.787. The van der Waals surface area contributed by atoms with E-state index in [-0.39, 0.29) is 12.4 Å². The molecule has 1 nitrogen and oxygen atoms in total. The van der Waals surface area contributed by atoms with Gasteiger partial charge in [0.05, 0.1) is 0 Å². The summed E-state index contributed by atoms with van der Waals surface area (Å²) in [5.74, 6) is 0.568. The maximum atomic E-state index is 3.45. The van der Waals surface area contributed by atoms with E-state index in [4.69, 9.17) is 0 Å². The number of benzene rings is 2. The molecule has 1 aliphatic rings. The van der Waals surface area contributed by atoms with Gasteiger partial charge in [0.2, 0.25) is 0 Å². The Morgan fingerprint density at radius 2 is 1.45 bits per heavy atom. The summed E-state index contributed by atoms with van der Waals surface area (Å²) in [6, 6.07) is 18.1. The lowest BCUT2D eigenvalue weighted by molar-refractivity contribution is 0.605. The molecule has 0 fully saturated rings. The van der Waals surface area contributed by atoms with E-state index in [1.165, 1.54) is 25.7 Å². The second-order valence-electron chi connectivity index (χ2n) is 5.95. The van der Waals surface area contributed by atoms with Gasteiger partial charge in [-0.15, -0.1) is 12.4 Å². The van der Waals surface area contributed by atoms with Gasteiger partial charge >= 0.3 is 0 Å². The zero-order chi connectivity index (χ0) is 14.5. The summed E-state index contributed by atoms with van der Waals surface area (Å²) in [6.45, 7) is 4.37. The molecule has 1 N–H and O–H groups in total. The van der Waals surface area contributed by atoms with Crippen molar-refractivity contribution in [1.82, 2.24) is 5.32 Å². The van der Waals surface area contributed by atoms with Crippen LogP contribution in [0.4, 0.5) is 0 Å². The fraction of sp³-hybridized carbons (Fsp3) is 0.400. The van der Waals surface area contributed by atoms with Crippen molar-refractivity contribution in [2.24, 2.45) is 0 Å². The first kappa shape index (κ1) is 17.1. The number of rotatable bonds is 5. The average molecular weight is 316 g/mol. The summed E-state index contributed by atoms with van der Waals surface area (Å²) < 4.78 is 0. The van der Waals surface area contributed by atoms with Crippen molar-refractivity contribution < 1.29 is 0 Å². The minimum atomic E-state index is 0. The lowest BCUT2D eigenvalue weighted by Gasteiger charge is -2.20. The summed E-state index contributed by atoms with van der Waals surface area (Å²) in [7, 11) is 0. The highest BCUT2D eigenvalue weighted by molar-refractivity contribution is 5.85. The molecule has 22 heavy (non-hydrogen) atoms. The van der Waals surface area contributed by atoms with Crippen molar-refractivity contribution >= 4 is 12.4 Å². The van der Waals surface area contributed by atoms with Gasteiger partial charge in [0.25, 0.3) is 0 Å². The number of hydrogen-bond acceptors (Lipinski definition) is 1. The number of aryl methyl sites for hydroxylation is 2. The Labute approximate surface area is 140 Å². The summed E-state index contributed by atoms with van der Waals surface area (Å²) in [5, 5.41) is 3.45.